The summed E-state index contributed by atoms with van der Waals surface area (Å²) in [6.45, 7) is 1.96. The molecule has 0 saturated heterocycles. The van der Waals surface area contributed by atoms with E-state index in [4.69, 9.17) is 15.2 Å². The second kappa shape index (κ2) is 6.25. The van der Waals surface area contributed by atoms with Gasteiger partial charge < -0.3 is 15.2 Å². The first-order valence-electron chi connectivity index (χ1n) is 5.63. The fraction of sp³-hybridized carbons (Fsp3) is 0.462. The number of carbonyl (C=O) groups excluding carboxylic acids is 1. The topological polar surface area (TPSA) is 61.6 Å². The van der Waals surface area contributed by atoms with Crippen LogP contribution in [0.5, 0.6) is 11.5 Å². The number of hydrogen-bond acceptors (Lipinski definition) is 4. The van der Waals surface area contributed by atoms with Crippen LogP contribution >= 0.6 is 0 Å². The fourth-order valence-corrected chi connectivity index (χ4v) is 1.61. The molecule has 1 aromatic rings. The predicted octanol–water partition coefficient (Wildman–Crippen LogP) is 2.01. The largest absolute Gasteiger partial charge is 0.496 e. The molecule has 0 fully saturated rings. The van der Waals surface area contributed by atoms with Gasteiger partial charge in [0, 0.05) is 12.5 Å². The first-order valence-corrected chi connectivity index (χ1v) is 5.63. The lowest BCUT2D eigenvalue weighted by Gasteiger charge is -2.13. The van der Waals surface area contributed by atoms with Gasteiger partial charge in [0.05, 0.1) is 14.2 Å². The first kappa shape index (κ1) is 13.5. The van der Waals surface area contributed by atoms with E-state index in [9.17, 15) is 4.79 Å². The van der Waals surface area contributed by atoms with Crippen molar-refractivity contribution >= 4 is 5.78 Å². The number of ether oxygens (including phenoxy) is 2. The van der Waals surface area contributed by atoms with Crippen LogP contribution in [0.2, 0.25) is 0 Å². The summed E-state index contributed by atoms with van der Waals surface area (Å²) in [4.78, 5) is 12.1. The van der Waals surface area contributed by atoms with Gasteiger partial charge in [0.1, 0.15) is 17.1 Å². The zero-order chi connectivity index (χ0) is 12.8. The van der Waals surface area contributed by atoms with Gasteiger partial charge in [-0.1, -0.05) is 13.0 Å². The summed E-state index contributed by atoms with van der Waals surface area (Å²) < 4.78 is 10.4. The number of carbonyl (C=O) groups is 1. The maximum atomic E-state index is 12.1. The Morgan fingerprint density at radius 1 is 1.29 bits per heavy atom. The average molecular weight is 237 g/mol. The van der Waals surface area contributed by atoms with E-state index in [1.165, 1.54) is 14.2 Å². The zero-order valence-electron chi connectivity index (χ0n) is 10.5. The predicted molar refractivity (Wildman–Crippen MR) is 66.8 cm³/mol. The molecule has 0 spiro atoms. The Hall–Kier alpha value is -1.55. The van der Waals surface area contributed by atoms with E-state index in [1.807, 2.05) is 6.92 Å². The van der Waals surface area contributed by atoms with Gasteiger partial charge in [-0.25, -0.2) is 0 Å². The maximum Gasteiger partial charge on any atom is 0.171 e. The highest BCUT2D eigenvalue weighted by molar-refractivity contribution is 6.01. The van der Waals surface area contributed by atoms with E-state index in [0.29, 0.717) is 23.5 Å². The number of ketones is 1. The summed E-state index contributed by atoms with van der Waals surface area (Å²) in [6.07, 6.45) is 1.07. The van der Waals surface area contributed by atoms with Crippen molar-refractivity contribution in [3.63, 3.8) is 0 Å². The maximum absolute atomic E-state index is 12.1. The molecule has 0 bridgehead atoms. The molecule has 1 atom stereocenters. The molecular formula is C13H19NO3. The Kier molecular flexibility index (Phi) is 4.97. The van der Waals surface area contributed by atoms with Crippen LogP contribution in [0.4, 0.5) is 0 Å². The Morgan fingerprint density at radius 2 is 1.82 bits per heavy atom. The van der Waals surface area contributed by atoms with Gasteiger partial charge in [0.25, 0.3) is 0 Å². The van der Waals surface area contributed by atoms with E-state index < -0.39 is 0 Å². The number of benzene rings is 1. The molecule has 0 aliphatic carbocycles. The number of hydrogen-bond donors (Lipinski definition) is 1. The molecule has 0 radical (unpaired) electrons. The van der Waals surface area contributed by atoms with Crippen molar-refractivity contribution in [2.45, 2.75) is 25.8 Å². The highest BCUT2D eigenvalue weighted by Crippen LogP contribution is 2.29. The number of methoxy groups -OCH3 is 2. The minimum Gasteiger partial charge on any atom is -0.496 e. The molecule has 2 N–H and O–H groups in total. The summed E-state index contributed by atoms with van der Waals surface area (Å²) >= 11 is 0. The van der Waals surface area contributed by atoms with Crippen LogP contribution in [0.3, 0.4) is 0 Å². The monoisotopic (exact) mass is 237 g/mol. The van der Waals surface area contributed by atoms with Crippen molar-refractivity contribution in [1.29, 1.82) is 0 Å². The average Bonchev–Trinajstić information content (AvgIpc) is 2.37. The van der Waals surface area contributed by atoms with Crippen molar-refractivity contribution in [3.8, 4) is 11.5 Å². The van der Waals surface area contributed by atoms with Gasteiger partial charge in [0.15, 0.2) is 5.78 Å². The van der Waals surface area contributed by atoms with Crippen LogP contribution < -0.4 is 15.2 Å². The van der Waals surface area contributed by atoms with Gasteiger partial charge in [-0.05, 0) is 18.6 Å². The lowest BCUT2D eigenvalue weighted by atomic mass is 10.0. The minimum absolute atomic E-state index is 0.0475. The summed E-state index contributed by atoms with van der Waals surface area (Å²) in [5.74, 6) is 1.00. The van der Waals surface area contributed by atoms with E-state index >= 15 is 0 Å². The van der Waals surface area contributed by atoms with Gasteiger partial charge in [0.2, 0.25) is 0 Å². The molecule has 17 heavy (non-hydrogen) atoms. The standard InChI is InChI=1S/C13H19NO3/c1-4-9(14)8-10(15)13-11(16-2)6-5-7-12(13)17-3/h5-7,9H,4,8,14H2,1-3H3. The van der Waals surface area contributed by atoms with Crippen molar-refractivity contribution in [2.75, 3.05) is 14.2 Å². The summed E-state index contributed by atoms with van der Waals surface area (Å²) in [5.41, 5.74) is 6.27. The Bertz CT molecular complexity index is 368. The number of nitrogens with two attached hydrogens (primary N) is 1. The molecule has 94 valence electrons. The van der Waals surface area contributed by atoms with Gasteiger partial charge in [-0.2, -0.15) is 0 Å². The van der Waals surface area contributed by atoms with Crippen LogP contribution in [0, 0.1) is 0 Å². The third-order valence-corrected chi connectivity index (χ3v) is 2.68. The second-order valence-electron chi connectivity index (χ2n) is 3.83. The van der Waals surface area contributed by atoms with Crippen LogP contribution in [0.15, 0.2) is 18.2 Å². The van der Waals surface area contributed by atoms with Crippen molar-refractivity contribution < 1.29 is 14.3 Å². The quantitative estimate of drug-likeness (QED) is 0.769. The fourth-order valence-electron chi connectivity index (χ4n) is 1.61. The lowest BCUT2D eigenvalue weighted by Crippen LogP contribution is -2.23. The van der Waals surface area contributed by atoms with Crippen LogP contribution in [-0.2, 0) is 0 Å². The molecule has 4 nitrogen and oxygen atoms in total. The third-order valence-electron chi connectivity index (χ3n) is 2.68. The molecule has 1 unspecified atom stereocenters. The molecular weight excluding hydrogens is 218 g/mol. The first-order chi connectivity index (χ1) is 8.13. The normalized spacial score (nSPS) is 12.0. The van der Waals surface area contributed by atoms with E-state index in [2.05, 4.69) is 0 Å². The molecule has 1 aromatic carbocycles. The third kappa shape index (κ3) is 3.20. The molecule has 0 aliphatic rings. The zero-order valence-corrected chi connectivity index (χ0v) is 10.5. The molecule has 4 heteroatoms. The lowest BCUT2D eigenvalue weighted by molar-refractivity contribution is 0.0968. The summed E-state index contributed by atoms with van der Waals surface area (Å²) in [7, 11) is 3.07. The van der Waals surface area contributed by atoms with Crippen molar-refractivity contribution in [1.82, 2.24) is 0 Å². The Balaban J connectivity index is 3.05. The molecule has 0 saturated carbocycles. The molecule has 0 aromatic heterocycles. The van der Waals surface area contributed by atoms with Gasteiger partial charge in [-0.15, -0.1) is 0 Å². The minimum atomic E-state index is -0.128. The summed E-state index contributed by atoms with van der Waals surface area (Å²) in [5, 5.41) is 0. The number of Topliss-reactive ketones (excluding diaryl/α,β-unsaturated/α-hetero) is 1. The molecule has 0 aliphatic heterocycles. The van der Waals surface area contributed by atoms with Crippen molar-refractivity contribution in [2.24, 2.45) is 5.73 Å². The summed E-state index contributed by atoms with van der Waals surface area (Å²) in [6, 6.07) is 5.14. The molecule has 0 heterocycles. The van der Waals surface area contributed by atoms with Crippen molar-refractivity contribution in [3.05, 3.63) is 23.8 Å². The Morgan fingerprint density at radius 3 is 2.24 bits per heavy atom. The molecule has 0 amide bonds. The number of rotatable bonds is 6. The van der Waals surface area contributed by atoms with E-state index in [1.54, 1.807) is 18.2 Å². The SMILES string of the molecule is CCC(N)CC(=O)c1c(OC)cccc1OC. The van der Waals surface area contributed by atoms with Gasteiger partial charge in [-0.3, -0.25) is 4.79 Å². The molecule has 1 rings (SSSR count). The van der Waals surface area contributed by atoms with Crippen LogP contribution in [0.1, 0.15) is 30.1 Å². The second-order valence-corrected chi connectivity index (χ2v) is 3.83. The smallest absolute Gasteiger partial charge is 0.171 e. The van der Waals surface area contributed by atoms with Crippen LogP contribution in [0.25, 0.3) is 0 Å². The highest BCUT2D eigenvalue weighted by Gasteiger charge is 2.19. The van der Waals surface area contributed by atoms with E-state index in [-0.39, 0.29) is 11.8 Å². The van der Waals surface area contributed by atoms with Crippen LogP contribution in [-0.4, -0.2) is 26.0 Å². The Labute approximate surface area is 102 Å². The van der Waals surface area contributed by atoms with E-state index in [0.717, 1.165) is 6.42 Å². The van der Waals surface area contributed by atoms with Gasteiger partial charge >= 0.3 is 0 Å². The highest BCUT2D eigenvalue weighted by atomic mass is 16.5.